The van der Waals surface area contributed by atoms with Crippen molar-refractivity contribution in [3.8, 4) is 33.6 Å². The number of aromatic nitrogens is 2. The van der Waals surface area contributed by atoms with Crippen molar-refractivity contribution in [1.29, 1.82) is 0 Å². The van der Waals surface area contributed by atoms with E-state index in [9.17, 15) is 0 Å². The van der Waals surface area contributed by atoms with Crippen LogP contribution in [0.2, 0.25) is 0 Å². The zero-order valence-electron chi connectivity index (χ0n) is 35.7. The third-order valence-electron chi connectivity index (χ3n) is 13.9. The molecule has 0 bridgehead atoms. The Morgan fingerprint density at radius 2 is 0.875 bits per heavy atom. The molecule has 0 saturated carbocycles. The lowest BCUT2D eigenvalue weighted by atomic mass is 9.82. The van der Waals surface area contributed by atoms with E-state index in [1.54, 1.807) is 0 Å². The van der Waals surface area contributed by atoms with Crippen LogP contribution in [0.5, 0.6) is 0 Å². The van der Waals surface area contributed by atoms with Crippen molar-refractivity contribution in [2.75, 3.05) is 4.90 Å². The highest BCUT2D eigenvalue weighted by Gasteiger charge is 2.35. The second-order valence-corrected chi connectivity index (χ2v) is 17.8. The summed E-state index contributed by atoms with van der Waals surface area (Å²) in [7, 11) is 0. The Labute approximate surface area is 372 Å². The molecule has 0 atom stereocenters. The molecule has 3 heteroatoms. The van der Waals surface area contributed by atoms with Gasteiger partial charge in [0.15, 0.2) is 0 Å². The van der Waals surface area contributed by atoms with Gasteiger partial charge in [0, 0.05) is 38.3 Å². The Kier molecular flexibility index (Phi) is 7.95. The van der Waals surface area contributed by atoms with Crippen LogP contribution in [0.4, 0.5) is 17.1 Å². The highest BCUT2D eigenvalue weighted by Crippen LogP contribution is 2.51. The summed E-state index contributed by atoms with van der Waals surface area (Å²) < 4.78 is 4.94. The van der Waals surface area contributed by atoms with Gasteiger partial charge >= 0.3 is 0 Å². The second-order valence-electron chi connectivity index (χ2n) is 17.8. The fourth-order valence-electron chi connectivity index (χ4n) is 10.9. The minimum absolute atomic E-state index is 0.100. The lowest BCUT2D eigenvalue weighted by molar-refractivity contribution is 0.660. The molecule has 2 heterocycles. The smallest absolute Gasteiger partial charge is 0.0547 e. The zero-order chi connectivity index (χ0) is 42.5. The third-order valence-corrected chi connectivity index (χ3v) is 13.9. The third kappa shape index (κ3) is 5.41. The van der Waals surface area contributed by atoms with E-state index in [-0.39, 0.29) is 5.41 Å². The Morgan fingerprint density at radius 3 is 1.59 bits per heavy atom. The van der Waals surface area contributed by atoms with Crippen LogP contribution < -0.4 is 4.90 Å². The second kappa shape index (κ2) is 13.9. The van der Waals surface area contributed by atoms with Crippen molar-refractivity contribution in [3.63, 3.8) is 0 Å². The number of nitrogens with zero attached hydrogens (tertiary/aromatic N) is 3. The van der Waals surface area contributed by atoms with E-state index < -0.39 is 0 Å². The van der Waals surface area contributed by atoms with Gasteiger partial charge < -0.3 is 14.0 Å². The monoisotopic (exact) mass is 817 g/mol. The highest BCUT2D eigenvalue weighted by atomic mass is 15.1. The van der Waals surface area contributed by atoms with Crippen LogP contribution in [0.3, 0.4) is 0 Å². The molecular formula is C61H43N3. The predicted octanol–water partition coefficient (Wildman–Crippen LogP) is 16.5. The number of rotatable bonds is 6. The maximum atomic E-state index is 2.48. The van der Waals surface area contributed by atoms with Gasteiger partial charge in [-0.2, -0.15) is 0 Å². The van der Waals surface area contributed by atoms with Crippen LogP contribution in [-0.4, -0.2) is 9.13 Å². The first-order chi connectivity index (χ1) is 31.5. The first-order valence-corrected chi connectivity index (χ1v) is 22.3. The van der Waals surface area contributed by atoms with Crippen LogP contribution >= 0.6 is 0 Å². The van der Waals surface area contributed by atoms with Crippen molar-refractivity contribution < 1.29 is 0 Å². The fourth-order valence-corrected chi connectivity index (χ4v) is 10.9. The fraction of sp³-hybridized carbons (Fsp3) is 0.0492. The summed E-state index contributed by atoms with van der Waals surface area (Å²) in [5, 5.41) is 7.49. The molecule has 0 spiro atoms. The standard InChI is InChI=1S/C61H43N3/c1-61(2)54-24-12-8-20-49(54)53-39-44(33-34-55(53)61)62(43-31-28-41(29-32-43)40-16-4-3-5-17-40)45-36-46(63-56-25-13-9-21-50(56)51-22-10-14-26-57(51)63)38-47(37-45)64-58-27-15-11-23-52(58)60-48-19-7-6-18-42(48)30-35-59(60)64/h3-39H,1-2H3. The minimum Gasteiger partial charge on any atom is -0.310 e. The Bertz CT molecular complexity index is 3760. The molecule has 2 aromatic heterocycles. The van der Waals surface area contributed by atoms with Crippen molar-refractivity contribution >= 4 is 71.4 Å². The molecule has 0 N–H and O–H groups in total. The number of fused-ring (bicyclic) bond motifs is 11. The first-order valence-electron chi connectivity index (χ1n) is 22.3. The number of benzene rings is 10. The Hall–Kier alpha value is -8.14. The van der Waals surface area contributed by atoms with Gasteiger partial charge in [-0.1, -0.05) is 172 Å². The van der Waals surface area contributed by atoms with Crippen LogP contribution in [0.15, 0.2) is 224 Å². The maximum absolute atomic E-state index is 2.48. The van der Waals surface area contributed by atoms with E-state index >= 15 is 0 Å². The first kappa shape index (κ1) is 36.5. The Morgan fingerprint density at radius 1 is 0.344 bits per heavy atom. The highest BCUT2D eigenvalue weighted by molar-refractivity contribution is 6.21. The van der Waals surface area contributed by atoms with Gasteiger partial charge in [0.1, 0.15) is 0 Å². The van der Waals surface area contributed by atoms with Crippen LogP contribution in [0.25, 0.3) is 88.0 Å². The molecule has 0 aliphatic heterocycles. The lowest BCUT2D eigenvalue weighted by Gasteiger charge is -2.28. The summed E-state index contributed by atoms with van der Waals surface area (Å²) in [5.74, 6) is 0. The molecule has 64 heavy (non-hydrogen) atoms. The molecule has 0 amide bonds. The van der Waals surface area contributed by atoms with Crippen molar-refractivity contribution in [2.45, 2.75) is 19.3 Å². The molecule has 1 aliphatic carbocycles. The van der Waals surface area contributed by atoms with E-state index in [4.69, 9.17) is 0 Å². The molecule has 1 aliphatic rings. The van der Waals surface area contributed by atoms with Gasteiger partial charge in [0.2, 0.25) is 0 Å². The summed E-state index contributed by atoms with van der Waals surface area (Å²) in [5.41, 5.74) is 17.8. The predicted molar refractivity (Wildman–Crippen MR) is 270 cm³/mol. The van der Waals surface area contributed by atoms with E-state index in [1.165, 1.54) is 87.8 Å². The van der Waals surface area contributed by atoms with E-state index in [0.717, 1.165) is 28.4 Å². The van der Waals surface area contributed by atoms with Gasteiger partial charge in [-0.15, -0.1) is 0 Å². The number of hydrogen-bond donors (Lipinski definition) is 0. The van der Waals surface area contributed by atoms with Gasteiger partial charge in [0.25, 0.3) is 0 Å². The summed E-state index contributed by atoms with van der Waals surface area (Å²) in [6, 6.07) is 82.9. The quantitative estimate of drug-likeness (QED) is 0.163. The number of para-hydroxylation sites is 3. The zero-order valence-corrected chi connectivity index (χ0v) is 35.7. The van der Waals surface area contributed by atoms with Crippen molar-refractivity contribution in [1.82, 2.24) is 9.13 Å². The van der Waals surface area contributed by atoms with Gasteiger partial charge in [-0.25, -0.2) is 0 Å². The molecule has 0 saturated heterocycles. The summed E-state index contributed by atoms with van der Waals surface area (Å²) in [4.78, 5) is 2.47. The molecule has 12 aromatic rings. The van der Waals surface area contributed by atoms with Crippen molar-refractivity contribution in [2.24, 2.45) is 0 Å². The van der Waals surface area contributed by atoms with Gasteiger partial charge in [0.05, 0.1) is 39.1 Å². The average molecular weight is 818 g/mol. The number of anilines is 3. The molecule has 3 nitrogen and oxygen atoms in total. The SMILES string of the molecule is CC1(C)c2ccccc2-c2cc(N(c3ccc(-c4ccccc4)cc3)c3cc(-n4c5ccccc5c5ccccc54)cc(-n4c5ccccc5c5c6ccccc6ccc54)c3)ccc21. The maximum Gasteiger partial charge on any atom is 0.0547 e. The summed E-state index contributed by atoms with van der Waals surface area (Å²) in [6.07, 6.45) is 0. The van der Waals surface area contributed by atoms with E-state index in [1.807, 2.05) is 0 Å². The van der Waals surface area contributed by atoms with Gasteiger partial charge in [-0.05, 0) is 111 Å². The largest absolute Gasteiger partial charge is 0.310 e. The van der Waals surface area contributed by atoms with Crippen LogP contribution in [0.1, 0.15) is 25.0 Å². The van der Waals surface area contributed by atoms with Gasteiger partial charge in [-0.3, -0.25) is 0 Å². The molecule has 0 fully saturated rings. The molecule has 0 unspecified atom stereocenters. The van der Waals surface area contributed by atoms with Crippen molar-refractivity contribution in [3.05, 3.63) is 236 Å². The van der Waals surface area contributed by atoms with Crippen LogP contribution in [-0.2, 0) is 5.41 Å². The van der Waals surface area contributed by atoms with E-state index in [2.05, 4.69) is 252 Å². The average Bonchev–Trinajstić information content (AvgIpc) is 3.95. The minimum atomic E-state index is -0.100. The van der Waals surface area contributed by atoms with E-state index in [0.29, 0.717) is 0 Å². The normalized spacial score (nSPS) is 13.0. The Balaban J connectivity index is 1.13. The number of hydrogen-bond acceptors (Lipinski definition) is 1. The molecular weight excluding hydrogens is 775 g/mol. The molecule has 13 rings (SSSR count). The molecule has 10 aromatic carbocycles. The summed E-state index contributed by atoms with van der Waals surface area (Å²) >= 11 is 0. The topological polar surface area (TPSA) is 13.1 Å². The lowest BCUT2D eigenvalue weighted by Crippen LogP contribution is -2.15. The molecule has 302 valence electrons. The summed E-state index contributed by atoms with van der Waals surface area (Å²) in [6.45, 7) is 4.71. The molecule has 0 radical (unpaired) electrons. The van der Waals surface area contributed by atoms with Crippen LogP contribution in [0, 0.1) is 0 Å².